The quantitative estimate of drug-likeness (QED) is 0.460. The maximum absolute atomic E-state index is 4.45. The summed E-state index contributed by atoms with van der Waals surface area (Å²) in [4.78, 5) is 12.7. The minimum Gasteiger partial charge on any atom is -0.264 e. The van der Waals surface area contributed by atoms with Crippen molar-refractivity contribution in [1.82, 2.24) is 24.7 Å². The summed E-state index contributed by atoms with van der Waals surface area (Å²) in [5, 5.41) is 9.46. The molecular formula is C18H15N7. The van der Waals surface area contributed by atoms with Crippen molar-refractivity contribution < 1.29 is 0 Å². The van der Waals surface area contributed by atoms with Crippen LogP contribution < -0.4 is 5.43 Å². The molecule has 7 nitrogen and oxygen atoms in total. The summed E-state index contributed by atoms with van der Waals surface area (Å²) in [7, 11) is 0. The van der Waals surface area contributed by atoms with Gasteiger partial charge in [0.2, 0.25) is 0 Å². The summed E-state index contributed by atoms with van der Waals surface area (Å²) in [5.41, 5.74) is 6.69. The Morgan fingerprint density at radius 2 is 2.08 bits per heavy atom. The highest BCUT2D eigenvalue weighted by atomic mass is 15.3. The van der Waals surface area contributed by atoms with Crippen LogP contribution in [0.3, 0.4) is 0 Å². The van der Waals surface area contributed by atoms with Crippen LogP contribution in [-0.2, 0) is 0 Å². The van der Waals surface area contributed by atoms with Crippen molar-refractivity contribution in [3.8, 4) is 5.69 Å². The van der Waals surface area contributed by atoms with E-state index in [0.717, 1.165) is 27.8 Å². The second-order valence-electron chi connectivity index (χ2n) is 5.51. The van der Waals surface area contributed by atoms with E-state index in [0.29, 0.717) is 5.82 Å². The van der Waals surface area contributed by atoms with Gasteiger partial charge < -0.3 is 0 Å². The second-order valence-corrected chi connectivity index (χ2v) is 5.51. The summed E-state index contributed by atoms with van der Waals surface area (Å²) in [6.45, 7) is 2.05. The Balaban J connectivity index is 1.66. The minimum atomic E-state index is 0.601. The molecular weight excluding hydrogens is 314 g/mol. The fraction of sp³-hybridized carbons (Fsp3) is 0.0556. The molecule has 0 saturated carbocycles. The summed E-state index contributed by atoms with van der Waals surface area (Å²) < 4.78 is 1.79. The van der Waals surface area contributed by atoms with Gasteiger partial charge in [-0.1, -0.05) is 18.2 Å². The standard InChI is InChI=1S/C18H15N7/c1-13-4-2-6-15(8-13)25-18-16(11-23-25)17(20-12-21-18)24-22-10-14-5-3-7-19-9-14/h2-12H,1H3,(H,20,21,24)/b22-10+. The maximum Gasteiger partial charge on any atom is 0.168 e. The molecule has 0 bridgehead atoms. The monoisotopic (exact) mass is 329 g/mol. The third-order valence-corrected chi connectivity index (χ3v) is 3.68. The van der Waals surface area contributed by atoms with E-state index in [-0.39, 0.29) is 0 Å². The normalized spacial score (nSPS) is 11.2. The first kappa shape index (κ1) is 14.9. The molecule has 0 spiro atoms. The molecule has 0 aliphatic heterocycles. The third kappa shape index (κ3) is 3.07. The van der Waals surface area contributed by atoms with Crippen LogP contribution in [0.15, 0.2) is 66.4 Å². The van der Waals surface area contributed by atoms with Gasteiger partial charge in [-0.2, -0.15) is 10.2 Å². The molecule has 7 heteroatoms. The van der Waals surface area contributed by atoms with E-state index in [1.54, 1.807) is 29.5 Å². The number of benzene rings is 1. The van der Waals surface area contributed by atoms with Gasteiger partial charge in [0, 0.05) is 18.0 Å². The van der Waals surface area contributed by atoms with Crippen LogP contribution in [0.1, 0.15) is 11.1 Å². The summed E-state index contributed by atoms with van der Waals surface area (Å²) in [6, 6.07) is 11.9. The topological polar surface area (TPSA) is 80.9 Å². The van der Waals surface area contributed by atoms with Gasteiger partial charge in [0.05, 0.1) is 23.5 Å². The van der Waals surface area contributed by atoms with Gasteiger partial charge in [-0.25, -0.2) is 14.6 Å². The van der Waals surface area contributed by atoms with Gasteiger partial charge in [-0.05, 0) is 30.7 Å². The first-order valence-electron chi connectivity index (χ1n) is 7.76. The van der Waals surface area contributed by atoms with Gasteiger partial charge in [-0.15, -0.1) is 0 Å². The molecule has 0 unspecified atom stereocenters. The highest BCUT2D eigenvalue weighted by Gasteiger charge is 2.10. The molecule has 4 rings (SSSR count). The van der Waals surface area contributed by atoms with Gasteiger partial charge in [0.1, 0.15) is 6.33 Å². The molecule has 0 aliphatic rings. The number of anilines is 1. The third-order valence-electron chi connectivity index (χ3n) is 3.68. The molecule has 0 radical (unpaired) electrons. The molecule has 0 fully saturated rings. The van der Waals surface area contributed by atoms with Gasteiger partial charge in [-0.3, -0.25) is 10.4 Å². The highest BCUT2D eigenvalue weighted by Crippen LogP contribution is 2.21. The predicted octanol–water partition coefficient (Wildman–Crippen LogP) is 2.96. The molecule has 0 saturated heterocycles. The summed E-state index contributed by atoms with van der Waals surface area (Å²) in [5.74, 6) is 0.601. The SMILES string of the molecule is Cc1cccc(-n2ncc3c(N/N=C/c4cccnc4)ncnc32)c1. The van der Waals surface area contributed by atoms with E-state index in [1.165, 1.54) is 6.33 Å². The first-order chi connectivity index (χ1) is 12.3. The van der Waals surface area contributed by atoms with Crippen LogP contribution in [0.2, 0.25) is 0 Å². The van der Waals surface area contributed by atoms with Crippen LogP contribution in [0.5, 0.6) is 0 Å². The van der Waals surface area contributed by atoms with Crippen LogP contribution in [0, 0.1) is 6.92 Å². The van der Waals surface area contributed by atoms with Crippen LogP contribution in [0.25, 0.3) is 16.7 Å². The number of nitrogens with zero attached hydrogens (tertiary/aromatic N) is 6. The number of nitrogens with one attached hydrogen (secondary N) is 1. The van der Waals surface area contributed by atoms with Gasteiger partial charge in [0.25, 0.3) is 0 Å². The lowest BCUT2D eigenvalue weighted by Crippen LogP contribution is -1.99. The van der Waals surface area contributed by atoms with Crippen molar-refractivity contribution >= 4 is 23.1 Å². The maximum atomic E-state index is 4.45. The first-order valence-corrected chi connectivity index (χ1v) is 7.76. The molecule has 0 amide bonds. The van der Waals surface area contributed by atoms with E-state index in [4.69, 9.17) is 0 Å². The average Bonchev–Trinajstić information content (AvgIpc) is 3.08. The van der Waals surface area contributed by atoms with Crippen LogP contribution >= 0.6 is 0 Å². The summed E-state index contributed by atoms with van der Waals surface area (Å²) in [6.07, 6.45) is 8.37. The lowest BCUT2D eigenvalue weighted by molar-refractivity contribution is 0.893. The number of hydrazone groups is 1. The molecule has 122 valence electrons. The van der Waals surface area contributed by atoms with Crippen molar-refractivity contribution in [2.75, 3.05) is 5.43 Å². The Morgan fingerprint density at radius 3 is 2.92 bits per heavy atom. The van der Waals surface area contributed by atoms with Crippen molar-refractivity contribution in [2.24, 2.45) is 5.10 Å². The number of pyridine rings is 1. The highest BCUT2D eigenvalue weighted by molar-refractivity contribution is 5.88. The minimum absolute atomic E-state index is 0.601. The zero-order valence-corrected chi connectivity index (χ0v) is 13.5. The predicted molar refractivity (Wildman–Crippen MR) is 96.9 cm³/mol. The lowest BCUT2D eigenvalue weighted by Gasteiger charge is -2.04. The largest absolute Gasteiger partial charge is 0.264 e. The summed E-state index contributed by atoms with van der Waals surface area (Å²) >= 11 is 0. The zero-order valence-electron chi connectivity index (χ0n) is 13.5. The van der Waals surface area contributed by atoms with Crippen molar-refractivity contribution in [3.63, 3.8) is 0 Å². The van der Waals surface area contributed by atoms with E-state index in [2.05, 4.69) is 36.6 Å². The Hall–Kier alpha value is -3.61. The molecule has 1 N–H and O–H groups in total. The smallest absolute Gasteiger partial charge is 0.168 e. The van der Waals surface area contributed by atoms with Crippen LogP contribution in [-0.4, -0.2) is 30.9 Å². The average molecular weight is 329 g/mol. The second kappa shape index (κ2) is 6.48. The fourth-order valence-corrected chi connectivity index (χ4v) is 2.50. The Kier molecular flexibility index (Phi) is 3.88. The molecule has 0 atom stereocenters. The zero-order chi connectivity index (χ0) is 17.1. The number of hydrogen-bond donors (Lipinski definition) is 1. The van der Waals surface area contributed by atoms with Gasteiger partial charge >= 0.3 is 0 Å². The number of hydrogen-bond acceptors (Lipinski definition) is 6. The van der Waals surface area contributed by atoms with Crippen molar-refractivity contribution in [1.29, 1.82) is 0 Å². The van der Waals surface area contributed by atoms with E-state index < -0.39 is 0 Å². The van der Waals surface area contributed by atoms with E-state index >= 15 is 0 Å². The van der Waals surface area contributed by atoms with Crippen LogP contribution in [0.4, 0.5) is 5.82 Å². The number of aryl methyl sites for hydroxylation is 1. The number of rotatable bonds is 4. The Labute approximate surface area is 144 Å². The number of fused-ring (bicyclic) bond motifs is 1. The molecule has 0 aliphatic carbocycles. The number of aromatic nitrogens is 5. The van der Waals surface area contributed by atoms with Crippen molar-refractivity contribution in [3.05, 3.63) is 72.4 Å². The molecule has 4 aromatic rings. The van der Waals surface area contributed by atoms with E-state index in [1.807, 2.05) is 37.3 Å². The fourth-order valence-electron chi connectivity index (χ4n) is 2.50. The van der Waals surface area contributed by atoms with Gasteiger partial charge in [0.15, 0.2) is 11.5 Å². The Bertz CT molecular complexity index is 1040. The molecule has 25 heavy (non-hydrogen) atoms. The van der Waals surface area contributed by atoms with Crippen molar-refractivity contribution in [2.45, 2.75) is 6.92 Å². The Morgan fingerprint density at radius 1 is 1.12 bits per heavy atom. The molecule has 3 heterocycles. The molecule has 1 aromatic carbocycles. The van der Waals surface area contributed by atoms with E-state index in [9.17, 15) is 0 Å². The lowest BCUT2D eigenvalue weighted by atomic mass is 10.2. The molecule has 3 aromatic heterocycles.